The van der Waals surface area contributed by atoms with E-state index in [2.05, 4.69) is 19.2 Å². The number of hydrogen-bond acceptors (Lipinski definition) is 2. The van der Waals surface area contributed by atoms with E-state index in [0.29, 0.717) is 0 Å². The molecule has 2 heteroatoms. The largest absolute Gasteiger partial charge is 0.389 e. The third-order valence-corrected chi connectivity index (χ3v) is 3.36. The highest BCUT2D eigenvalue weighted by atomic mass is 16.3. The molecule has 86 valence electrons. The lowest BCUT2D eigenvalue weighted by Gasteiger charge is -2.26. The second-order valence-corrected chi connectivity index (χ2v) is 4.24. The molecule has 0 atom stereocenters. The predicted octanol–water partition coefficient (Wildman–Crippen LogP) is 2.56. The highest BCUT2D eigenvalue weighted by Crippen LogP contribution is 2.13. The number of nitrogens with one attached hydrogen (secondary N) is 1. The van der Waals surface area contributed by atoms with Crippen LogP contribution in [0.1, 0.15) is 53.4 Å². The second kappa shape index (κ2) is 7.24. The lowest BCUT2D eigenvalue weighted by Crippen LogP contribution is -2.41. The molecule has 0 aromatic rings. The van der Waals surface area contributed by atoms with Gasteiger partial charge in [-0.05, 0) is 25.3 Å². The molecule has 0 aromatic carbocycles. The van der Waals surface area contributed by atoms with Gasteiger partial charge in [0.1, 0.15) is 0 Å². The van der Waals surface area contributed by atoms with Gasteiger partial charge in [0.2, 0.25) is 0 Å². The molecular weight excluding hydrogens is 174 g/mol. The molecule has 0 radical (unpaired) electrons. The van der Waals surface area contributed by atoms with Crippen molar-refractivity contribution in [1.82, 2.24) is 5.32 Å². The minimum absolute atomic E-state index is 0.494. The van der Waals surface area contributed by atoms with E-state index in [0.717, 1.165) is 31.8 Å². The summed E-state index contributed by atoms with van der Waals surface area (Å²) in [7, 11) is 0. The monoisotopic (exact) mass is 201 g/mol. The van der Waals surface area contributed by atoms with Gasteiger partial charge in [0, 0.05) is 6.54 Å². The maximum Gasteiger partial charge on any atom is 0.0766 e. The van der Waals surface area contributed by atoms with Gasteiger partial charge in [-0.3, -0.25) is 0 Å². The normalized spacial score (nSPS) is 12.4. The van der Waals surface area contributed by atoms with Crippen LogP contribution >= 0.6 is 0 Å². The van der Waals surface area contributed by atoms with Crippen LogP contribution in [0.3, 0.4) is 0 Å². The summed E-state index contributed by atoms with van der Waals surface area (Å²) in [5, 5.41) is 13.4. The van der Waals surface area contributed by atoms with Crippen LogP contribution in [0.5, 0.6) is 0 Å². The van der Waals surface area contributed by atoms with Crippen molar-refractivity contribution in [3.8, 4) is 0 Å². The van der Waals surface area contributed by atoms with E-state index in [-0.39, 0.29) is 0 Å². The van der Waals surface area contributed by atoms with Crippen molar-refractivity contribution >= 4 is 0 Å². The lowest BCUT2D eigenvalue weighted by molar-refractivity contribution is 0.0317. The van der Waals surface area contributed by atoms with E-state index in [9.17, 15) is 5.11 Å². The van der Waals surface area contributed by atoms with Crippen molar-refractivity contribution in [3.63, 3.8) is 0 Å². The molecule has 0 fully saturated rings. The van der Waals surface area contributed by atoms with Crippen LogP contribution in [0.25, 0.3) is 0 Å². The highest BCUT2D eigenvalue weighted by molar-refractivity contribution is 4.78. The van der Waals surface area contributed by atoms with Gasteiger partial charge < -0.3 is 10.4 Å². The summed E-state index contributed by atoms with van der Waals surface area (Å²) >= 11 is 0. The van der Waals surface area contributed by atoms with Crippen LogP contribution < -0.4 is 5.32 Å². The Kier molecular flexibility index (Phi) is 7.20. The highest BCUT2D eigenvalue weighted by Gasteiger charge is 2.21. The van der Waals surface area contributed by atoms with Crippen LogP contribution in [-0.4, -0.2) is 23.8 Å². The van der Waals surface area contributed by atoms with Gasteiger partial charge in [-0.15, -0.1) is 0 Å². The van der Waals surface area contributed by atoms with Crippen LogP contribution in [0, 0.1) is 5.92 Å². The summed E-state index contributed by atoms with van der Waals surface area (Å²) in [5.74, 6) is 0.757. The zero-order valence-corrected chi connectivity index (χ0v) is 10.3. The van der Waals surface area contributed by atoms with Crippen molar-refractivity contribution in [2.75, 3.05) is 13.1 Å². The van der Waals surface area contributed by atoms with Crippen molar-refractivity contribution in [2.45, 2.75) is 59.0 Å². The quantitative estimate of drug-likeness (QED) is 0.632. The molecule has 14 heavy (non-hydrogen) atoms. The molecule has 2 N–H and O–H groups in total. The molecule has 0 spiro atoms. The van der Waals surface area contributed by atoms with Gasteiger partial charge in [0.25, 0.3) is 0 Å². The van der Waals surface area contributed by atoms with E-state index in [1.54, 1.807) is 0 Å². The summed E-state index contributed by atoms with van der Waals surface area (Å²) in [6.45, 7) is 10.3. The molecule has 0 bridgehead atoms. The third-order valence-electron chi connectivity index (χ3n) is 3.36. The molecule has 0 unspecified atom stereocenters. The molecule has 0 amide bonds. The lowest BCUT2D eigenvalue weighted by atomic mass is 9.97. The van der Waals surface area contributed by atoms with E-state index in [1.165, 1.54) is 12.8 Å². The SMILES string of the molecule is CCC(CC)CNCC(O)(CC)CC. The van der Waals surface area contributed by atoms with Crippen LogP contribution in [0.15, 0.2) is 0 Å². The fourth-order valence-corrected chi connectivity index (χ4v) is 1.59. The molecule has 0 aliphatic rings. The summed E-state index contributed by atoms with van der Waals surface area (Å²) in [4.78, 5) is 0. The summed E-state index contributed by atoms with van der Waals surface area (Å²) in [6, 6.07) is 0. The maximum absolute atomic E-state index is 10.0. The molecule has 0 heterocycles. The van der Waals surface area contributed by atoms with Gasteiger partial charge >= 0.3 is 0 Å². The first-order valence-corrected chi connectivity index (χ1v) is 6.04. The van der Waals surface area contributed by atoms with E-state index < -0.39 is 5.60 Å². The Hall–Kier alpha value is -0.0800. The minimum Gasteiger partial charge on any atom is -0.389 e. The van der Waals surface area contributed by atoms with Gasteiger partial charge in [0.15, 0.2) is 0 Å². The standard InChI is InChI=1S/C12H27NO/c1-5-11(6-2)9-13-10-12(14,7-3)8-4/h11,13-14H,5-10H2,1-4H3. The second-order valence-electron chi connectivity index (χ2n) is 4.24. The fourth-order valence-electron chi connectivity index (χ4n) is 1.59. The molecule has 0 saturated carbocycles. The van der Waals surface area contributed by atoms with Crippen LogP contribution in [-0.2, 0) is 0 Å². The first-order valence-electron chi connectivity index (χ1n) is 6.04. The topological polar surface area (TPSA) is 32.3 Å². The summed E-state index contributed by atoms with van der Waals surface area (Å²) < 4.78 is 0. The number of hydrogen-bond donors (Lipinski definition) is 2. The fraction of sp³-hybridized carbons (Fsp3) is 1.00. The molecule has 0 aromatic heterocycles. The van der Waals surface area contributed by atoms with Crippen LogP contribution in [0.4, 0.5) is 0 Å². The maximum atomic E-state index is 10.0. The van der Waals surface area contributed by atoms with Crippen molar-refractivity contribution < 1.29 is 5.11 Å². The van der Waals surface area contributed by atoms with Gasteiger partial charge in [-0.25, -0.2) is 0 Å². The zero-order valence-electron chi connectivity index (χ0n) is 10.3. The van der Waals surface area contributed by atoms with E-state index in [1.807, 2.05) is 13.8 Å². The molecule has 0 aliphatic carbocycles. The molecule has 0 aliphatic heterocycles. The third kappa shape index (κ3) is 4.97. The Morgan fingerprint density at radius 1 is 1.07 bits per heavy atom. The smallest absolute Gasteiger partial charge is 0.0766 e. The number of rotatable bonds is 8. The van der Waals surface area contributed by atoms with E-state index >= 15 is 0 Å². The zero-order chi connectivity index (χ0) is 11.0. The molecular formula is C12H27NO. The Balaban J connectivity index is 3.70. The Morgan fingerprint density at radius 2 is 1.57 bits per heavy atom. The average Bonchev–Trinajstić information content (AvgIpc) is 2.24. The summed E-state index contributed by atoms with van der Waals surface area (Å²) in [6.07, 6.45) is 4.11. The minimum atomic E-state index is -0.494. The van der Waals surface area contributed by atoms with Crippen molar-refractivity contribution in [3.05, 3.63) is 0 Å². The Morgan fingerprint density at radius 3 is 1.93 bits per heavy atom. The van der Waals surface area contributed by atoms with Crippen LogP contribution in [0.2, 0.25) is 0 Å². The Labute approximate surface area is 89.1 Å². The van der Waals surface area contributed by atoms with E-state index in [4.69, 9.17) is 0 Å². The first-order chi connectivity index (χ1) is 6.61. The Bertz CT molecular complexity index is 128. The molecule has 2 nitrogen and oxygen atoms in total. The average molecular weight is 201 g/mol. The van der Waals surface area contributed by atoms with Gasteiger partial charge in [0.05, 0.1) is 5.60 Å². The van der Waals surface area contributed by atoms with Gasteiger partial charge in [-0.1, -0.05) is 40.5 Å². The first kappa shape index (κ1) is 13.9. The van der Waals surface area contributed by atoms with Gasteiger partial charge in [-0.2, -0.15) is 0 Å². The molecule has 0 rings (SSSR count). The van der Waals surface area contributed by atoms with Crippen molar-refractivity contribution in [2.24, 2.45) is 5.92 Å². The molecule has 0 saturated heterocycles. The number of aliphatic hydroxyl groups is 1. The predicted molar refractivity (Wildman–Crippen MR) is 62.5 cm³/mol. The van der Waals surface area contributed by atoms with Crippen molar-refractivity contribution in [1.29, 1.82) is 0 Å². The summed E-state index contributed by atoms with van der Waals surface area (Å²) in [5.41, 5.74) is -0.494.